The Kier molecular flexibility index (Phi) is 6.34. The monoisotopic (exact) mass is 481 g/mol. The van der Waals surface area contributed by atoms with Crippen LogP contribution in [-0.2, 0) is 14.6 Å². The van der Waals surface area contributed by atoms with Crippen LogP contribution in [0.2, 0.25) is 5.02 Å². The fourth-order valence-corrected chi connectivity index (χ4v) is 4.68. The molecule has 1 aromatic carbocycles. The Morgan fingerprint density at radius 1 is 1.31 bits per heavy atom. The molecule has 2 aliphatic heterocycles. The minimum Gasteiger partial charge on any atom is -0.490 e. The number of likely N-dealkylation sites (tertiary alicyclic amines) is 1. The van der Waals surface area contributed by atoms with Gasteiger partial charge in [-0.05, 0) is 18.2 Å². The Hall–Kier alpha value is -2.72. The fourth-order valence-electron chi connectivity index (χ4n) is 3.81. The van der Waals surface area contributed by atoms with Gasteiger partial charge in [0.05, 0.1) is 37.8 Å². The summed E-state index contributed by atoms with van der Waals surface area (Å²) in [4.78, 5) is 20.0. The van der Waals surface area contributed by atoms with E-state index >= 15 is 0 Å². The lowest BCUT2D eigenvalue weighted by molar-refractivity contribution is -0.127. The van der Waals surface area contributed by atoms with Gasteiger partial charge < -0.3 is 24.0 Å². The zero-order valence-electron chi connectivity index (χ0n) is 17.8. The molecular formula is C21H24ClN3O6S. The first kappa shape index (κ1) is 22.5. The van der Waals surface area contributed by atoms with Crippen molar-refractivity contribution in [3.63, 3.8) is 0 Å². The van der Waals surface area contributed by atoms with Crippen LogP contribution in [0, 0.1) is 0 Å². The minimum absolute atomic E-state index is 0.216. The lowest BCUT2D eigenvalue weighted by atomic mass is 10.2. The summed E-state index contributed by atoms with van der Waals surface area (Å²) >= 11 is 6.26. The molecule has 1 atom stereocenters. The number of halogens is 1. The van der Waals surface area contributed by atoms with Gasteiger partial charge in [-0.25, -0.2) is 13.4 Å². The van der Waals surface area contributed by atoms with Crippen LogP contribution < -0.4 is 19.1 Å². The van der Waals surface area contributed by atoms with Crippen LogP contribution in [0.15, 0.2) is 30.5 Å². The number of anilines is 2. The highest BCUT2D eigenvalue weighted by Gasteiger charge is 2.30. The van der Waals surface area contributed by atoms with Crippen molar-refractivity contribution in [1.82, 2.24) is 9.88 Å². The summed E-state index contributed by atoms with van der Waals surface area (Å²) in [6, 6.07) is 7.34. The lowest BCUT2D eigenvalue weighted by Crippen LogP contribution is -2.35. The van der Waals surface area contributed by atoms with Gasteiger partial charge in [0.2, 0.25) is 11.8 Å². The molecule has 1 saturated heterocycles. The van der Waals surface area contributed by atoms with E-state index in [1.54, 1.807) is 12.3 Å². The topological polar surface area (TPSA) is 98.3 Å². The number of amides is 1. The average Bonchev–Trinajstić information content (AvgIpc) is 3.21. The zero-order valence-corrected chi connectivity index (χ0v) is 19.4. The van der Waals surface area contributed by atoms with E-state index in [9.17, 15) is 13.2 Å². The second-order valence-corrected chi connectivity index (χ2v) is 10.3. The normalized spacial score (nSPS) is 18.2. The number of hydrogen-bond acceptors (Lipinski definition) is 8. The molecule has 0 bridgehead atoms. The summed E-state index contributed by atoms with van der Waals surface area (Å²) in [6.45, 7) is 1.94. The van der Waals surface area contributed by atoms with Crippen molar-refractivity contribution in [2.45, 2.75) is 12.5 Å². The van der Waals surface area contributed by atoms with Crippen molar-refractivity contribution >= 4 is 38.7 Å². The Labute approximate surface area is 191 Å². The van der Waals surface area contributed by atoms with Gasteiger partial charge in [-0.3, -0.25) is 4.79 Å². The third-order valence-electron chi connectivity index (χ3n) is 5.28. The number of methoxy groups -OCH3 is 1. The molecule has 9 nitrogen and oxygen atoms in total. The van der Waals surface area contributed by atoms with Gasteiger partial charge in [0, 0.05) is 25.3 Å². The van der Waals surface area contributed by atoms with Crippen LogP contribution >= 0.6 is 11.6 Å². The number of rotatable bonds is 6. The highest BCUT2D eigenvalue weighted by Crippen LogP contribution is 2.40. The maximum Gasteiger partial charge on any atom is 0.237 e. The smallest absolute Gasteiger partial charge is 0.237 e. The molecule has 3 heterocycles. The van der Waals surface area contributed by atoms with Gasteiger partial charge in [0.15, 0.2) is 9.84 Å². The molecule has 2 aliphatic rings. The van der Waals surface area contributed by atoms with Crippen LogP contribution in [0.4, 0.5) is 11.4 Å². The quantitative estimate of drug-likeness (QED) is 0.619. The highest BCUT2D eigenvalue weighted by atomic mass is 35.5. The lowest BCUT2D eigenvalue weighted by Gasteiger charge is -2.31. The molecule has 1 aromatic heterocycles. The molecule has 0 saturated carbocycles. The third kappa shape index (κ3) is 5.02. The molecule has 0 unspecified atom stereocenters. The molecule has 1 amide bonds. The molecule has 11 heteroatoms. The van der Waals surface area contributed by atoms with Gasteiger partial charge in [0.1, 0.15) is 35.0 Å². The molecule has 0 radical (unpaired) electrons. The van der Waals surface area contributed by atoms with Crippen molar-refractivity contribution < 1.29 is 27.4 Å². The molecule has 0 aliphatic carbocycles. The van der Waals surface area contributed by atoms with Crippen LogP contribution in [0.1, 0.15) is 6.42 Å². The Balaban J connectivity index is 1.49. The average molecular weight is 482 g/mol. The van der Waals surface area contributed by atoms with E-state index in [2.05, 4.69) is 4.98 Å². The maximum atomic E-state index is 12.2. The Morgan fingerprint density at radius 3 is 2.84 bits per heavy atom. The van der Waals surface area contributed by atoms with Crippen LogP contribution in [0.25, 0.3) is 0 Å². The van der Waals surface area contributed by atoms with Gasteiger partial charge in [0.25, 0.3) is 0 Å². The van der Waals surface area contributed by atoms with Crippen LogP contribution in [-0.4, -0.2) is 75.7 Å². The number of aromatic nitrogens is 1. The summed E-state index contributed by atoms with van der Waals surface area (Å²) in [5, 5.41) is 0.412. The first-order valence-electron chi connectivity index (χ1n) is 10.1. The number of carbonyl (C=O) groups excluding carboxylic acids is 1. The number of pyridine rings is 1. The standard InChI is InChI=1S/C21H24ClN3O6S/c1-29-21-17(22)9-14(11-23-21)25-7-8-30-19-4-3-15(10-18(19)25)31-16-5-6-24(12-16)20(26)13-32(2,27)28/h3-4,9-11,16H,5-8,12-13H2,1-2H3/t16-/m0/s1. The summed E-state index contributed by atoms with van der Waals surface area (Å²) < 4.78 is 39.8. The Bertz CT molecular complexity index is 1130. The number of sulfone groups is 1. The number of fused-ring (bicyclic) bond motifs is 1. The van der Waals surface area contributed by atoms with Crippen molar-refractivity contribution in [2.75, 3.05) is 50.3 Å². The number of carbonyl (C=O) groups is 1. The number of benzene rings is 1. The summed E-state index contributed by atoms with van der Waals surface area (Å²) in [6.07, 6.45) is 3.16. The number of nitrogens with zero attached hydrogens (tertiary/aromatic N) is 3. The SMILES string of the molecule is COc1ncc(N2CCOc3ccc(O[C@H]4CCN(C(=O)CS(C)(=O)=O)C4)cc32)cc1Cl. The van der Waals surface area contributed by atoms with E-state index in [1.165, 1.54) is 12.0 Å². The first-order chi connectivity index (χ1) is 15.2. The van der Waals surface area contributed by atoms with Crippen LogP contribution in [0.5, 0.6) is 17.4 Å². The van der Waals surface area contributed by atoms with Gasteiger partial charge >= 0.3 is 0 Å². The van der Waals surface area contributed by atoms with Gasteiger partial charge in [-0.15, -0.1) is 0 Å². The number of hydrogen-bond donors (Lipinski definition) is 0. The van der Waals surface area contributed by atoms with Crippen molar-refractivity contribution in [3.8, 4) is 17.4 Å². The van der Waals surface area contributed by atoms with E-state index in [1.807, 2.05) is 23.1 Å². The Morgan fingerprint density at radius 2 is 2.12 bits per heavy atom. The molecule has 172 valence electrons. The molecule has 32 heavy (non-hydrogen) atoms. The van der Waals surface area contributed by atoms with E-state index < -0.39 is 21.5 Å². The molecular weight excluding hydrogens is 458 g/mol. The largest absolute Gasteiger partial charge is 0.490 e. The third-order valence-corrected chi connectivity index (χ3v) is 6.32. The predicted octanol–water partition coefficient (Wildman–Crippen LogP) is 2.30. The number of ether oxygens (including phenoxy) is 3. The van der Waals surface area contributed by atoms with Crippen molar-refractivity contribution in [1.29, 1.82) is 0 Å². The second kappa shape index (κ2) is 9.03. The summed E-state index contributed by atoms with van der Waals surface area (Å²) in [5.74, 6) is 0.828. The van der Waals surface area contributed by atoms with Crippen molar-refractivity contribution in [3.05, 3.63) is 35.5 Å². The second-order valence-electron chi connectivity index (χ2n) is 7.75. The van der Waals surface area contributed by atoms with Crippen LogP contribution in [0.3, 0.4) is 0 Å². The fraction of sp³-hybridized carbons (Fsp3) is 0.429. The predicted molar refractivity (Wildman–Crippen MR) is 120 cm³/mol. The molecule has 2 aromatic rings. The molecule has 0 spiro atoms. The van der Waals surface area contributed by atoms with Gasteiger partial charge in [-0.2, -0.15) is 0 Å². The minimum atomic E-state index is -3.36. The molecule has 1 fully saturated rings. The first-order valence-corrected chi connectivity index (χ1v) is 12.5. The van der Waals surface area contributed by atoms with E-state index in [4.69, 9.17) is 25.8 Å². The van der Waals surface area contributed by atoms with E-state index in [-0.39, 0.29) is 6.10 Å². The highest BCUT2D eigenvalue weighted by molar-refractivity contribution is 7.91. The van der Waals surface area contributed by atoms with Gasteiger partial charge in [-0.1, -0.05) is 11.6 Å². The molecule has 4 rings (SSSR count). The zero-order chi connectivity index (χ0) is 22.9. The van der Waals surface area contributed by atoms with E-state index in [0.717, 1.165) is 17.6 Å². The summed E-state index contributed by atoms with van der Waals surface area (Å²) in [7, 11) is -1.85. The summed E-state index contributed by atoms with van der Waals surface area (Å²) in [5.41, 5.74) is 1.62. The van der Waals surface area contributed by atoms with Crippen molar-refractivity contribution in [2.24, 2.45) is 0 Å². The maximum absolute atomic E-state index is 12.2. The molecule has 0 N–H and O–H groups in total. The van der Waals surface area contributed by atoms with E-state index in [0.29, 0.717) is 55.1 Å².